The summed E-state index contributed by atoms with van der Waals surface area (Å²) < 4.78 is 9.87. The van der Waals surface area contributed by atoms with Crippen molar-refractivity contribution in [2.45, 2.75) is 148 Å². The molecule has 200 valence electrons. The van der Waals surface area contributed by atoms with Gasteiger partial charge in [0.2, 0.25) is 0 Å². The molecule has 1 atom stereocenters. The van der Waals surface area contributed by atoms with Crippen LogP contribution < -0.4 is 0 Å². The maximum Gasteiger partial charge on any atom is 0.320 e. The normalized spacial score (nSPS) is 12.4. The van der Waals surface area contributed by atoms with Gasteiger partial charge in [-0.15, -0.1) is 0 Å². The van der Waals surface area contributed by atoms with Crippen LogP contribution in [0, 0.1) is 5.92 Å². The first kappa shape index (κ1) is 32.4. The monoisotopic (exact) mass is 484 g/mol. The molecular formula is C28H52O6. The number of esters is 2. The van der Waals surface area contributed by atoms with Gasteiger partial charge < -0.3 is 14.6 Å². The van der Waals surface area contributed by atoms with Gasteiger partial charge in [0.25, 0.3) is 0 Å². The highest BCUT2D eigenvalue weighted by Gasteiger charge is 2.26. The van der Waals surface area contributed by atoms with E-state index in [-0.39, 0.29) is 11.6 Å². The number of carboxylic acids is 1. The minimum Gasteiger partial charge on any atom is -0.481 e. The summed E-state index contributed by atoms with van der Waals surface area (Å²) in [6.45, 7) is 5.73. The summed E-state index contributed by atoms with van der Waals surface area (Å²) in [5.41, 5.74) is -0.373. The number of rotatable bonds is 22. The lowest BCUT2D eigenvalue weighted by Gasteiger charge is -2.19. The molecule has 1 unspecified atom stereocenters. The summed E-state index contributed by atoms with van der Waals surface area (Å²) in [6.07, 6.45) is 21.3. The van der Waals surface area contributed by atoms with Crippen LogP contribution in [0.1, 0.15) is 143 Å². The van der Waals surface area contributed by atoms with E-state index in [2.05, 4.69) is 4.74 Å². The molecular weight excluding hydrogens is 432 g/mol. The highest BCUT2D eigenvalue weighted by Crippen LogP contribution is 2.17. The van der Waals surface area contributed by atoms with Crippen molar-refractivity contribution in [1.29, 1.82) is 0 Å². The molecule has 34 heavy (non-hydrogen) atoms. The molecule has 0 bridgehead atoms. The summed E-state index contributed by atoms with van der Waals surface area (Å²) in [5, 5.41) is 9.05. The molecule has 0 aromatic rings. The highest BCUT2D eigenvalue weighted by molar-refractivity contribution is 5.93. The molecule has 1 N–H and O–H groups in total. The summed E-state index contributed by atoms with van der Waals surface area (Å²) in [5.74, 6) is -2.81. The number of methoxy groups -OCH3 is 1. The third-order valence-corrected chi connectivity index (χ3v) is 6.08. The fraction of sp³-hybridized carbons (Fsp3) is 0.893. The van der Waals surface area contributed by atoms with Gasteiger partial charge in [-0.05, 0) is 33.6 Å². The topological polar surface area (TPSA) is 89.9 Å². The van der Waals surface area contributed by atoms with Crippen LogP contribution in [-0.4, -0.2) is 35.7 Å². The number of hydrogen-bond acceptors (Lipinski definition) is 5. The second-order valence-corrected chi connectivity index (χ2v) is 10.5. The van der Waals surface area contributed by atoms with Gasteiger partial charge in [0.05, 0.1) is 7.11 Å². The van der Waals surface area contributed by atoms with E-state index < -0.39 is 17.9 Å². The lowest BCUT2D eigenvalue weighted by Crippen LogP contribution is -2.24. The zero-order chi connectivity index (χ0) is 25.7. The van der Waals surface area contributed by atoms with Crippen LogP contribution >= 0.6 is 0 Å². The minimum absolute atomic E-state index is 0.0735. The molecule has 0 aliphatic heterocycles. The Kier molecular flexibility index (Phi) is 19.8. The number of carboxylic acid groups (broad SMARTS) is 1. The number of unbranched alkanes of at least 4 members (excludes halogenated alkanes) is 16. The molecule has 6 nitrogen and oxygen atoms in total. The van der Waals surface area contributed by atoms with Crippen molar-refractivity contribution in [3.8, 4) is 0 Å². The molecule has 0 radical (unpaired) electrons. The SMILES string of the molecule is COC(=O)C(CCCCCCCCCCCCCCCCCCCC(=O)OC(C)(C)C)C(=O)O. The van der Waals surface area contributed by atoms with Crippen molar-refractivity contribution in [2.75, 3.05) is 7.11 Å². The Labute approximate surface area is 208 Å². The van der Waals surface area contributed by atoms with E-state index in [1.807, 2.05) is 20.8 Å². The Morgan fingerprint density at radius 3 is 1.32 bits per heavy atom. The molecule has 0 heterocycles. The van der Waals surface area contributed by atoms with Gasteiger partial charge in [0.1, 0.15) is 5.60 Å². The Morgan fingerprint density at radius 1 is 0.647 bits per heavy atom. The Hall–Kier alpha value is -1.59. The first-order valence-corrected chi connectivity index (χ1v) is 13.7. The highest BCUT2D eigenvalue weighted by atomic mass is 16.6. The second kappa shape index (κ2) is 20.8. The average Bonchev–Trinajstić information content (AvgIpc) is 2.75. The predicted molar refractivity (Wildman–Crippen MR) is 137 cm³/mol. The summed E-state index contributed by atoms with van der Waals surface area (Å²) >= 11 is 0. The van der Waals surface area contributed by atoms with Crippen LogP contribution in [0.5, 0.6) is 0 Å². The average molecular weight is 485 g/mol. The Bertz CT molecular complexity index is 538. The fourth-order valence-corrected chi connectivity index (χ4v) is 4.15. The molecule has 0 aromatic heterocycles. The molecule has 0 spiro atoms. The van der Waals surface area contributed by atoms with E-state index in [9.17, 15) is 14.4 Å². The van der Waals surface area contributed by atoms with E-state index in [0.29, 0.717) is 12.8 Å². The van der Waals surface area contributed by atoms with E-state index >= 15 is 0 Å². The van der Waals surface area contributed by atoms with Crippen LogP contribution in [0.2, 0.25) is 0 Å². The van der Waals surface area contributed by atoms with Gasteiger partial charge in [-0.2, -0.15) is 0 Å². The smallest absolute Gasteiger partial charge is 0.320 e. The zero-order valence-electron chi connectivity index (χ0n) is 22.5. The van der Waals surface area contributed by atoms with Crippen LogP contribution in [-0.2, 0) is 23.9 Å². The Morgan fingerprint density at radius 2 is 1.00 bits per heavy atom. The summed E-state index contributed by atoms with van der Waals surface area (Å²) in [6, 6.07) is 0. The summed E-state index contributed by atoms with van der Waals surface area (Å²) in [4.78, 5) is 34.1. The molecule has 0 fully saturated rings. The third-order valence-electron chi connectivity index (χ3n) is 6.08. The van der Waals surface area contributed by atoms with Crippen molar-refractivity contribution < 1.29 is 29.0 Å². The maximum atomic E-state index is 11.6. The number of carbonyl (C=O) groups excluding carboxylic acids is 2. The summed E-state index contributed by atoms with van der Waals surface area (Å²) in [7, 11) is 1.24. The van der Waals surface area contributed by atoms with Gasteiger partial charge >= 0.3 is 17.9 Å². The van der Waals surface area contributed by atoms with E-state index in [1.165, 1.54) is 84.2 Å². The zero-order valence-corrected chi connectivity index (χ0v) is 22.5. The van der Waals surface area contributed by atoms with E-state index in [4.69, 9.17) is 9.84 Å². The van der Waals surface area contributed by atoms with Crippen molar-refractivity contribution >= 4 is 17.9 Å². The minimum atomic E-state index is -1.08. The second-order valence-electron chi connectivity index (χ2n) is 10.5. The lowest BCUT2D eigenvalue weighted by atomic mass is 10.00. The quantitative estimate of drug-likeness (QED) is 0.0965. The van der Waals surface area contributed by atoms with Crippen molar-refractivity contribution in [3.05, 3.63) is 0 Å². The molecule has 0 saturated carbocycles. The van der Waals surface area contributed by atoms with Gasteiger partial charge in [-0.1, -0.05) is 103 Å². The Balaban J connectivity index is 3.31. The molecule has 0 aliphatic rings. The van der Waals surface area contributed by atoms with Gasteiger partial charge in [0.15, 0.2) is 5.92 Å². The van der Waals surface area contributed by atoms with E-state index in [0.717, 1.165) is 32.1 Å². The molecule has 0 amide bonds. The first-order chi connectivity index (χ1) is 16.2. The van der Waals surface area contributed by atoms with Crippen molar-refractivity contribution in [2.24, 2.45) is 5.92 Å². The molecule has 0 saturated heterocycles. The number of ether oxygens (including phenoxy) is 2. The molecule has 0 aliphatic carbocycles. The van der Waals surface area contributed by atoms with Gasteiger partial charge in [-0.3, -0.25) is 14.4 Å². The standard InChI is InChI=1S/C28H52O6/c1-28(2,3)34-25(29)23-21-19-17-15-13-11-9-7-5-6-8-10-12-14-16-18-20-22-24(26(30)31)27(32)33-4/h24H,5-23H2,1-4H3,(H,30,31). The molecule has 6 heteroatoms. The maximum absolute atomic E-state index is 11.6. The molecule has 0 aromatic carbocycles. The number of hydrogen-bond donors (Lipinski definition) is 1. The number of carbonyl (C=O) groups is 3. The van der Waals surface area contributed by atoms with Crippen molar-refractivity contribution in [1.82, 2.24) is 0 Å². The van der Waals surface area contributed by atoms with Gasteiger partial charge in [-0.25, -0.2) is 0 Å². The van der Waals surface area contributed by atoms with Gasteiger partial charge in [0, 0.05) is 6.42 Å². The van der Waals surface area contributed by atoms with Crippen LogP contribution in [0.4, 0.5) is 0 Å². The fourth-order valence-electron chi connectivity index (χ4n) is 4.15. The van der Waals surface area contributed by atoms with Crippen LogP contribution in [0.15, 0.2) is 0 Å². The van der Waals surface area contributed by atoms with Crippen molar-refractivity contribution in [3.63, 3.8) is 0 Å². The number of aliphatic carboxylic acids is 1. The first-order valence-electron chi connectivity index (χ1n) is 13.7. The van der Waals surface area contributed by atoms with E-state index in [1.54, 1.807) is 0 Å². The molecule has 0 rings (SSSR count). The predicted octanol–water partition coefficient (Wildman–Crippen LogP) is 7.61. The van der Waals surface area contributed by atoms with Crippen LogP contribution in [0.3, 0.4) is 0 Å². The lowest BCUT2D eigenvalue weighted by molar-refractivity contribution is -0.157. The third kappa shape index (κ3) is 21.0. The largest absolute Gasteiger partial charge is 0.481 e. The van der Waals surface area contributed by atoms with Crippen LogP contribution in [0.25, 0.3) is 0 Å².